The van der Waals surface area contributed by atoms with Gasteiger partial charge in [-0.3, -0.25) is 9.89 Å². The van der Waals surface area contributed by atoms with Gasteiger partial charge in [-0.1, -0.05) is 20.8 Å². The number of rotatable bonds is 4. The van der Waals surface area contributed by atoms with Crippen molar-refractivity contribution in [3.63, 3.8) is 0 Å². The maximum absolute atomic E-state index is 11.9. The molecule has 1 atom stereocenters. The van der Waals surface area contributed by atoms with Gasteiger partial charge in [0.15, 0.2) is 0 Å². The van der Waals surface area contributed by atoms with Crippen LogP contribution in [0.4, 0.5) is 0 Å². The zero-order valence-electron chi connectivity index (χ0n) is 11.2. The number of nitrogens with one attached hydrogen (secondary N) is 2. The summed E-state index contributed by atoms with van der Waals surface area (Å²) in [6.45, 7) is 5.25. The minimum absolute atomic E-state index is 0.00241. The molecule has 1 fully saturated rings. The van der Waals surface area contributed by atoms with Crippen LogP contribution in [0.5, 0.6) is 0 Å². The Morgan fingerprint density at radius 2 is 2.05 bits per heavy atom. The second-order valence-electron chi connectivity index (χ2n) is 5.93. The molecule has 104 valence electrons. The number of hydrogen-bond acceptors (Lipinski definition) is 4. The summed E-state index contributed by atoms with van der Waals surface area (Å²) in [5, 5.41) is 18.2. The van der Waals surface area contributed by atoms with E-state index >= 15 is 0 Å². The van der Waals surface area contributed by atoms with Crippen LogP contribution >= 0.6 is 0 Å². The Balaban J connectivity index is 2.07. The van der Waals surface area contributed by atoms with Crippen molar-refractivity contribution in [2.24, 2.45) is 5.41 Å². The lowest BCUT2D eigenvalue weighted by atomic mass is 9.87. The normalized spacial score (nSPS) is 17.0. The van der Waals surface area contributed by atoms with Crippen molar-refractivity contribution in [2.45, 2.75) is 45.6 Å². The standard InChI is InChI=1S/C12H18N4O3/c1-12(2,3)7(11(18)19)13-10(17)9-14-8(15-16-9)6-4-5-6/h6-7H,4-5H2,1-3H3,(H,13,17)(H,18,19)(H,14,15,16). The Labute approximate surface area is 110 Å². The average Bonchev–Trinajstić information content (AvgIpc) is 3.02. The van der Waals surface area contributed by atoms with Gasteiger partial charge >= 0.3 is 5.97 Å². The predicted octanol–water partition coefficient (Wildman–Crippen LogP) is 0.911. The minimum atomic E-state index is -1.07. The van der Waals surface area contributed by atoms with E-state index in [1.807, 2.05) is 0 Å². The van der Waals surface area contributed by atoms with Crippen LogP contribution < -0.4 is 5.32 Å². The van der Waals surface area contributed by atoms with Crippen LogP contribution in [0.25, 0.3) is 0 Å². The number of aromatic amines is 1. The van der Waals surface area contributed by atoms with Crippen molar-refractivity contribution >= 4 is 11.9 Å². The number of carbonyl (C=O) groups is 2. The Bertz CT molecular complexity index is 499. The molecule has 1 heterocycles. The summed E-state index contributed by atoms with van der Waals surface area (Å²) < 4.78 is 0. The highest BCUT2D eigenvalue weighted by atomic mass is 16.4. The van der Waals surface area contributed by atoms with Crippen molar-refractivity contribution in [1.29, 1.82) is 0 Å². The predicted molar refractivity (Wildman–Crippen MR) is 66.7 cm³/mol. The molecular formula is C12H18N4O3. The summed E-state index contributed by atoms with van der Waals surface area (Å²) in [6.07, 6.45) is 2.10. The van der Waals surface area contributed by atoms with E-state index in [0.717, 1.165) is 12.8 Å². The third-order valence-corrected chi connectivity index (χ3v) is 3.06. The van der Waals surface area contributed by atoms with E-state index in [4.69, 9.17) is 5.11 Å². The van der Waals surface area contributed by atoms with Crippen molar-refractivity contribution in [1.82, 2.24) is 20.5 Å². The van der Waals surface area contributed by atoms with Gasteiger partial charge in [-0.15, -0.1) is 5.10 Å². The molecule has 7 nitrogen and oxygen atoms in total. The molecule has 1 aromatic rings. The largest absolute Gasteiger partial charge is 0.480 e. The molecule has 19 heavy (non-hydrogen) atoms. The number of hydrogen-bond donors (Lipinski definition) is 3. The first kappa shape index (κ1) is 13.5. The molecule has 0 bridgehead atoms. The van der Waals surface area contributed by atoms with Gasteiger partial charge in [-0.2, -0.15) is 0 Å². The molecule has 0 aromatic carbocycles. The first-order valence-corrected chi connectivity index (χ1v) is 6.25. The zero-order valence-corrected chi connectivity index (χ0v) is 11.2. The summed E-state index contributed by atoms with van der Waals surface area (Å²) >= 11 is 0. The number of carbonyl (C=O) groups excluding carboxylic acids is 1. The lowest BCUT2D eigenvalue weighted by Gasteiger charge is -2.27. The van der Waals surface area contributed by atoms with Crippen LogP contribution in [-0.4, -0.2) is 38.2 Å². The van der Waals surface area contributed by atoms with E-state index in [1.54, 1.807) is 20.8 Å². The van der Waals surface area contributed by atoms with Crippen molar-refractivity contribution < 1.29 is 14.7 Å². The van der Waals surface area contributed by atoms with Gasteiger partial charge in [0.2, 0.25) is 5.82 Å². The molecule has 1 aliphatic rings. The van der Waals surface area contributed by atoms with Crippen LogP contribution in [0.2, 0.25) is 0 Å². The van der Waals surface area contributed by atoms with Crippen LogP contribution in [0.3, 0.4) is 0 Å². The third-order valence-electron chi connectivity index (χ3n) is 3.06. The molecule has 1 unspecified atom stereocenters. The average molecular weight is 266 g/mol. The first-order valence-electron chi connectivity index (χ1n) is 6.25. The van der Waals surface area contributed by atoms with Gasteiger partial charge in [0.05, 0.1) is 0 Å². The molecule has 7 heteroatoms. The van der Waals surface area contributed by atoms with E-state index in [-0.39, 0.29) is 5.82 Å². The molecule has 0 spiro atoms. The SMILES string of the molecule is CC(C)(C)C(NC(=O)c1n[nH]c(C2CC2)n1)C(=O)O. The molecule has 1 amide bonds. The topological polar surface area (TPSA) is 108 Å². The summed E-state index contributed by atoms with van der Waals surface area (Å²) in [5.74, 6) is -0.568. The lowest BCUT2D eigenvalue weighted by Crippen LogP contribution is -2.49. The van der Waals surface area contributed by atoms with Crippen molar-refractivity contribution in [3.05, 3.63) is 11.6 Å². The number of H-pyrrole nitrogens is 1. The Morgan fingerprint density at radius 1 is 1.42 bits per heavy atom. The minimum Gasteiger partial charge on any atom is -0.480 e. The smallest absolute Gasteiger partial charge is 0.326 e. The fourth-order valence-corrected chi connectivity index (χ4v) is 1.76. The fraction of sp³-hybridized carbons (Fsp3) is 0.667. The fourth-order valence-electron chi connectivity index (χ4n) is 1.76. The van der Waals surface area contributed by atoms with E-state index < -0.39 is 23.3 Å². The van der Waals surface area contributed by atoms with Crippen molar-refractivity contribution in [2.75, 3.05) is 0 Å². The molecule has 0 aliphatic heterocycles. The molecule has 0 radical (unpaired) electrons. The highest BCUT2D eigenvalue weighted by molar-refractivity contribution is 5.93. The van der Waals surface area contributed by atoms with Crippen LogP contribution in [-0.2, 0) is 4.79 Å². The quantitative estimate of drug-likeness (QED) is 0.750. The molecular weight excluding hydrogens is 248 g/mol. The lowest BCUT2D eigenvalue weighted by molar-refractivity contribution is -0.142. The highest BCUT2D eigenvalue weighted by Gasteiger charge is 2.34. The number of nitrogens with zero attached hydrogens (tertiary/aromatic N) is 2. The molecule has 1 saturated carbocycles. The monoisotopic (exact) mass is 266 g/mol. The van der Waals surface area contributed by atoms with Crippen LogP contribution in [0.1, 0.15) is 56.0 Å². The summed E-state index contributed by atoms with van der Waals surface area (Å²) in [5.41, 5.74) is -0.586. The number of aromatic nitrogens is 3. The van der Waals surface area contributed by atoms with Gasteiger partial charge < -0.3 is 10.4 Å². The van der Waals surface area contributed by atoms with Crippen LogP contribution in [0.15, 0.2) is 0 Å². The number of amides is 1. The molecule has 1 aliphatic carbocycles. The van der Waals surface area contributed by atoms with Crippen molar-refractivity contribution in [3.8, 4) is 0 Å². The Hall–Kier alpha value is -1.92. The van der Waals surface area contributed by atoms with E-state index in [9.17, 15) is 9.59 Å². The first-order chi connectivity index (χ1) is 8.79. The summed E-state index contributed by atoms with van der Waals surface area (Å²) in [7, 11) is 0. The van der Waals surface area contributed by atoms with Crippen LogP contribution in [0, 0.1) is 5.41 Å². The van der Waals surface area contributed by atoms with E-state index in [2.05, 4.69) is 20.5 Å². The Kier molecular flexibility index (Phi) is 3.30. The second kappa shape index (κ2) is 4.64. The second-order valence-corrected chi connectivity index (χ2v) is 5.93. The maximum Gasteiger partial charge on any atom is 0.326 e. The number of carboxylic acids is 1. The number of aliphatic carboxylic acids is 1. The third kappa shape index (κ3) is 3.10. The van der Waals surface area contributed by atoms with E-state index in [1.165, 1.54) is 0 Å². The van der Waals surface area contributed by atoms with Gasteiger partial charge in [-0.25, -0.2) is 9.78 Å². The summed E-state index contributed by atoms with van der Waals surface area (Å²) in [6, 6.07) is -0.983. The molecule has 1 aromatic heterocycles. The summed E-state index contributed by atoms with van der Waals surface area (Å²) in [4.78, 5) is 27.2. The zero-order chi connectivity index (χ0) is 14.2. The molecule has 0 saturated heterocycles. The van der Waals surface area contributed by atoms with Gasteiger partial charge in [0.1, 0.15) is 11.9 Å². The van der Waals surface area contributed by atoms with Gasteiger partial charge in [-0.05, 0) is 18.3 Å². The number of carboxylic acid groups (broad SMARTS) is 1. The molecule has 3 N–H and O–H groups in total. The highest BCUT2D eigenvalue weighted by Crippen LogP contribution is 2.37. The molecule has 2 rings (SSSR count). The maximum atomic E-state index is 11.9. The van der Waals surface area contributed by atoms with Gasteiger partial charge in [0.25, 0.3) is 5.91 Å². The Morgan fingerprint density at radius 3 is 2.53 bits per heavy atom. The van der Waals surface area contributed by atoms with E-state index in [0.29, 0.717) is 11.7 Å². The van der Waals surface area contributed by atoms with Gasteiger partial charge in [0, 0.05) is 5.92 Å².